The molecule has 320 valence electrons. The van der Waals surface area contributed by atoms with Crippen molar-refractivity contribution in [2.75, 3.05) is 0 Å². The van der Waals surface area contributed by atoms with E-state index < -0.39 is 136 Å². The van der Waals surface area contributed by atoms with E-state index in [0.29, 0.717) is 5.57 Å². The Bertz CT molecular complexity index is 3570. The number of phenolic OH excluding ortho intramolecular Hbond substituents is 13. The zero-order valence-corrected chi connectivity index (χ0v) is 32.7. The van der Waals surface area contributed by atoms with Crippen LogP contribution in [0.15, 0.2) is 94.3 Å². The summed E-state index contributed by atoms with van der Waals surface area (Å²) in [5.41, 5.74) is -0.289. The van der Waals surface area contributed by atoms with Gasteiger partial charge in [-0.2, -0.15) is 0 Å². The largest absolute Gasteiger partial charge is 0.504 e. The number of hydrogen-bond acceptors (Lipinski definition) is 18. The first-order chi connectivity index (χ1) is 30.5. The van der Waals surface area contributed by atoms with Gasteiger partial charge in [-0.3, -0.25) is 0 Å². The maximum Gasteiger partial charge on any atom is 0.208 e. The molecule has 64 heavy (non-hydrogen) atoms. The topological polar surface area (TPSA) is 328 Å². The minimum Gasteiger partial charge on any atom is -0.504 e. The molecule has 13 N–H and O–H groups in total. The van der Waals surface area contributed by atoms with Crippen LogP contribution in [-0.2, 0) is 0 Å². The van der Waals surface area contributed by atoms with Crippen LogP contribution in [-0.4, -0.2) is 81.3 Å². The number of phenols is 13. The number of hydrogen-bond donors (Lipinski definition) is 13. The molecule has 0 unspecified atom stereocenters. The van der Waals surface area contributed by atoms with Gasteiger partial charge < -0.3 is 75.2 Å². The second-order valence-electron chi connectivity index (χ2n) is 14.4. The van der Waals surface area contributed by atoms with Crippen molar-refractivity contribution in [1.29, 1.82) is 0 Å². The van der Waals surface area contributed by atoms with E-state index in [9.17, 15) is 66.4 Å². The number of rotatable bonds is 7. The summed E-state index contributed by atoms with van der Waals surface area (Å²) in [6, 6.07) is 18.3. The van der Waals surface area contributed by atoms with Crippen LogP contribution in [0.5, 0.6) is 74.7 Å². The molecule has 9 rings (SSSR count). The fourth-order valence-corrected chi connectivity index (χ4v) is 7.50. The first kappa shape index (κ1) is 40.0. The van der Waals surface area contributed by atoms with Crippen molar-refractivity contribution < 1.29 is 75.2 Å². The molecule has 0 atom stereocenters. The van der Waals surface area contributed by atoms with E-state index in [1.54, 1.807) is 13.0 Å². The number of allylic oxidation sites excluding steroid dienone is 5. The number of nitrogens with zero attached hydrogens (tertiary/aromatic N) is 3. The predicted octanol–water partition coefficient (Wildman–Crippen LogP) is 8.52. The van der Waals surface area contributed by atoms with Crippen LogP contribution in [0.1, 0.15) is 18.3 Å². The molecule has 0 radical (unpaired) electrons. The SMILES string of the molecule is C=C(/C=C\C(=C/C)c1cccc(-c2ccccc2)c1)c1nc(-c2c(O)c(O)c3c(oc4c(O)c(O)c(O)c(O)c43)c2O)nc(-c2c(O)c(O)c(O)c3c2oc2cc(O)c(O)c(O)c23)n1. The summed E-state index contributed by atoms with van der Waals surface area (Å²) >= 11 is 0. The zero-order valence-electron chi connectivity index (χ0n) is 32.7. The Morgan fingerprint density at radius 1 is 0.484 bits per heavy atom. The summed E-state index contributed by atoms with van der Waals surface area (Å²) in [6.07, 6.45) is 5.02. The second kappa shape index (κ2) is 14.3. The van der Waals surface area contributed by atoms with Crippen molar-refractivity contribution in [3.05, 3.63) is 96.9 Å². The van der Waals surface area contributed by atoms with Crippen molar-refractivity contribution >= 4 is 55.0 Å². The highest BCUT2D eigenvalue weighted by atomic mass is 16.4. The van der Waals surface area contributed by atoms with Crippen molar-refractivity contribution in [3.8, 4) is 109 Å². The fraction of sp³-hybridized carbons (Fsp3) is 0.0217. The number of aromatic hydroxyl groups is 13. The smallest absolute Gasteiger partial charge is 0.208 e. The maximum absolute atomic E-state index is 11.7. The van der Waals surface area contributed by atoms with Gasteiger partial charge in [0, 0.05) is 11.6 Å². The molecular weight excluding hydrogens is 835 g/mol. The molecular formula is C46H31N3O15. The summed E-state index contributed by atoms with van der Waals surface area (Å²) in [5.74, 6) is -15.8. The Morgan fingerprint density at radius 2 is 1.03 bits per heavy atom. The highest BCUT2D eigenvalue weighted by molar-refractivity contribution is 6.19. The van der Waals surface area contributed by atoms with Gasteiger partial charge in [0.2, 0.25) is 28.7 Å². The van der Waals surface area contributed by atoms with Gasteiger partial charge in [-0.1, -0.05) is 73.3 Å². The molecule has 6 aromatic carbocycles. The van der Waals surface area contributed by atoms with E-state index in [4.69, 9.17) is 8.83 Å². The fourth-order valence-electron chi connectivity index (χ4n) is 7.50. The van der Waals surface area contributed by atoms with Crippen LogP contribution in [0.3, 0.4) is 0 Å². The Labute approximate surface area is 356 Å². The molecule has 0 aliphatic carbocycles. The van der Waals surface area contributed by atoms with Gasteiger partial charge in [0.1, 0.15) is 16.7 Å². The molecule has 0 saturated carbocycles. The van der Waals surface area contributed by atoms with Crippen LogP contribution in [0, 0.1) is 0 Å². The highest BCUT2D eigenvalue weighted by Gasteiger charge is 2.34. The molecule has 0 saturated heterocycles. The highest BCUT2D eigenvalue weighted by Crippen LogP contribution is 2.59. The number of benzene rings is 6. The summed E-state index contributed by atoms with van der Waals surface area (Å²) in [6.45, 7) is 5.90. The molecule has 3 heterocycles. The summed E-state index contributed by atoms with van der Waals surface area (Å²) in [7, 11) is 0. The first-order valence-corrected chi connectivity index (χ1v) is 18.8. The molecule has 0 aliphatic heterocycles. The second-order valence-corrected chi connectivity index (χ2v) is 14.4. The lowest BCUT2D eigenvalue weighted by Crippen LogP contribution is -2.03. The Morgan fingerprint density at radius 3 is 1.70 bits per heavy atom. The van der Waals surface area contributed by atoms with Crippen molar-refractivity contribution in [3.63, 3.8) is 0 Å². The normalized spacial score (nSPS) is 12.1. The average molecular weight is 866 g/mol. The van der Waals surface area contributed by atoms with Crippen molar-refractivity contribution in [2.45, 2.75) is 6.92 Å². The Balaban J connectivity index is 1.29. The average Bonchev–Trinajstić information content (AvgIpc) is 3.89. The van der Waals surface area contributed by atoms with Gasteiger partial charge >= 0.3 is 0 Å². The molecule has 0 aliphatic rings. The van der Waals surface area contributed by atoms with E-state index in [-0.39, 0.29) is 17.0 Å². The van der Waals surface area contributed by atoms with Gasteiger partial charge in [0.15, 0.2) is 80.2 Å². The lowest BCUT2D eigenvalue weighted by Gasteiger charge is -2.13. The molecule has 0 spiro atoms. The lowest BCUT2D eigenvalue weighted by molar-refractivity contribution is 0.348. The third-order valence-corrected chi connectivity index (χ3v) is 10.7. The summed E-state index contributed by atoms with van der Waals surface area (Å²) in [5, 5.41) is 139. The van der Waals surface area contributed by atoms with E-state index in [1.807, 2.05) is 60.7 Å². The minimum atomic E-state index is -1.22. The number of fused-ring (bicyclic) bond motifs is 6. The van der Waals surface area contributed by atoms with Crippen molar-refractivity contribution in [1.82, 2.24) is 15.0 Å². The van der Waals surface area contributed by atoms with E-state index in [1.165, 1.54) is 6.08 Å². The van der Waals surface area contributed by atoms with Crippen LogP contribution < -0.4 is 0 Å². The third kappa shape index (κ3) is 5.77. The summed E-state index contributed by atoms with van der Waals surface area (Å²) < 4.78 is 11.4. The maximum atomic E-state index is 11.7. The first-order valence-electron chi connectivity index (χ1n) is 18.8. The van der Waals surface area contributed by atoms with E-state index in [2.05, 4.69) is 21.5 Å². The molecule has 0 fully saturated rings. The monoisotopic (exact) mass is 865 g/mol. The standard InChI is InChI=1S/C46H31N3O15/c1-3-17(19-10-7-11-20(14-19)18-8-5-4-6-9-18)13-12-16(2)44-47-45(27-34(56)31(53)25-26-33(55)38(60)39(61)40(62)43(26)64-42(25)36(27)58)49-46(48-44)28-35(57)37(59)32(54)24-23-22(63-41(24)28)15-21(50)29(51)30(23)52/h3-15,50-62H,2H2,1H3/b13-12-,17-3+. The van der Waals surface area contributed by atoms with Gasteiger partial charge in [0.05, 0.1) is 21.5 Å². The predicted molar refractivity (Wildman–Crippen MR) is 231 cm³/mol. The van der Waals surface area contributed by atoms with Gasteiger partial charge in [-0.15, -0.1) is 0 Å². The summed E-state index contributed by atoms with van der Waals surface area (Å²) in [4.78, 5) is 13.2. The van der Waals surface area contributed by atoms with Gasteiger partial charge in [-0.05, 0) is 35.3 Å². The Hall–Kier alpha value is -9.45. The molecule has 0 bridgehead atoms. The van der Waals surface area contributed by atoms with Gasteiger partial charge in [-0.25, -0.2) is 15.0 Å². The third-order valence-electron chi connectivity index (χ3n) is 10.7. The minimum absolute atomic E-state index is 0.0214. The van der Waals surface area contributed by atoms with E-state index in [0.717, 1.165) is 22.8 Å². The van der Waals surface area contributed by atoms with Gasteiger partial charge in [0.25, 0.3) is 0 Å². The molecule has 0 amide bonds. The number of aromatic nitrogens is 3. The van der Waals surface area contributed by atoms with Crippen LogP contribution in [0.2, 0.25) is 0 Å². The Kier molecular flexibility index (Phi) is 8.96. The molecule has 9 aromatic rings. The molecule has 18 nitrogen and oxygen atoms in total. The number of furan rings is 2. The van der Waals surface area contributed by atoms with E-state index >= 15 is 0 Å². The van der Waals surface area contributed by atoms with Crippen LogP contribution in [0.4, 0.5) is 0 Å². The molecule has 18 heteroatoms. The molecule has 3 aromatic heterocycles. The van der Waals surface area contributed by atoms with Crippen molar-refractivity contribution in [2.24, 2.45) is 0 Å². The van der Waals surface area contributed by atoms with Crippen LogP contribution in [0.25, 0.3) is 88.9 Å². The van der Waals surface area contributed by atoms with Crippen LogP contribution >= 0.6 is 0 Å². The lowest BCUT2D eigenvalue weighted by atomic mass is 9.98. The quantitative estimate of drug-likeness (QED) is 0.0405. The zero-order chi connectivity index (χ0) is 45.6.